The molecular formula is C17H24FN3O. The minimum atomic E-state index is -0.258. The lowest BCUT2D eigenvalue weighted by molar-refractivity contribution is 0.200. The number of aromatic nitrogens is 2. The third-order valence-corrected chi connectivity index (χ3v) is 3.95. The number of hydrogen-bond acceptors (Lipinski definition) is 4. The first-order valence-corrected chi connectivity index (χ1v) is 7.69. The molecule has 22 heavy (non-hydrogen) atoms. The fraction of sp³-hybridized carbons (Fsp3) is 0.529. The fourth-order valence-corrected chi connectivity index (χ4v) is 2.10. The van der Waals surface area contributed by atoms with Gasteiger partial charge in [0.05, 0.1) is 6.04 Å². The smallest absolute Gasteiger partial charge is 0.244 e. The van der Waals surface area contributed by atoms with Crippen molar-refractivity contribution in [2.45, 2.75) is 40.2 Å². The Bertz CT molecular complexity index is 624. The minimum absolute atomic E-state index is 0.0373. The largest absolute Gasteiger partial charge is 0.337 e. The second kappa shape index (κ2) is 7.01. The van der Waals surface area contributed by atoms with E-state index in [9.17, 15) is 4.39 Å². The molecule has 0 saturated heterocycles. The Labute approximate surface area is 131 Å². The van der Waals surface area contributed by atoms with E-state index in [0.29, 0.717) is 28.8 Å². The van der Waals surface area contributed by atoms with Crippen molar-refractivity contribution in [2.24, 2.45) is 5.92 Å². The lowest BCUT2D eigenvalue weighted by Gasteiger charge is -2.22. The van der Waals surface area contributed by atoms with Crippen LogP contribution in [-0.4, -0.2) is 28.6 Å². The normalized spacial score (nSPS) is 13.1. The van der Waals surface area contributed by atoms with Gasteiger partial charge in [-0.15, -0.1) is 0 Å². The highest BCUT2D eigenvalue weighted by molar-refractivity contribution is 5.54. The van der Waals surface area contributed by atoms with Crippen LogP contribution in [0.25, 0.3) is 11.4 Å². The number of hydrogen-bond donors (Lipinski definition) is 0. The summed E-state index contributed by atoms with van der Waals surface area (Å²) in [6.45, 7) is 9.14. The van der Waals surface area contributed by atoms with Gasteiger partial charge in [0.15, 0.2) is 0 Å². The predicted octanol–water partition coefficient (Wildman–Crippen LogP) is 4.22. The number of rotatable bonds is 6. The van der Waals surface area contributed by atoms with E-state index in [4.69, 9.17) is 4.52 Å². The van der Waals surface area contributed by atoms with E-state index in [1.165, 1.54) is 6.07 Å². The third-order valence-electron chi connectivity index (χ3n) is 3.95. The van der Waals surface area contributed by atoms with Crippen molar-refractivity contribution in [3.63, 3.8) is 0 Å². The van der Waals surface area contributed by atoms with Crippen molar-refractivity contribution in [1.29, 1.82) is 0 Å². The Morgan fingerprint density at radius 1 is 1.27 bits per heavy atom. The van der Waals surface area contributed by atoms with Gasteiger partial charge in [0.25, 0.3) is 0 Å². The SMILES string of the molecule is Cc1ccc(-c2noc(C(C)N(C)CCC(C)C)n2)cc1F. The third kappa shape index (κ3) is 3.91. The summed E-state index contributed by atoms with van der Waals surface area (Å²) in [6.07, 6.45) is 1.12. The Balaban J connectivity index is 2.11. The highest BCUT2D eigenvalue weighted by Crippen LogP contribution is 2.23. The molecule has 0 aliphatic heterocycles. The standard InChI is InChI=1S/C17H24FN3O/c1-11(2)8-9-21(5)13(4)17-19-16(20-22-17)14-7-6-12(3)15(18)10-14/h6-7,10-11,13H,8-9H2,1-5H3. The van der Waals surface area contributed by atoms with Crippen molar-refractivity contribution in [3.05, 3.63) is 35.5 Å². The van der Waals surface area contributed by atoms with Crippen LogP contribution in [0, 0.1) is 18.7 Å². The van der Waals surface area contributed by atoms with E-state index in [1.54, 1.807) is 19.1 Å². The number of aryl methyl sites for hydroxylation is 1. The highest BCUT2D eigenvalue weighted by Gasteiger charge is 2.19. The van der Waals surface area contributed by atoms with E-state index in [2.05, 4.69) is 28.9 Å². The molecule has 0 radical (unpaired) electrons. The molecule has 0 fully saturated rings. The van der Waals surface area contributed by atoms with E-state index < -0.39 is 0 Å². The summed E-state index contributed by atoms with van der Waals surface area (Å²) >= 11 is 0. The minimum Gasteiger partial charge on any atom is -0.337 e. The summed E-state index contributed by atoms with van der Waals surface area (Å²) in [4.78, 5) is 6.60. The van der Waals surface area contributed by atoms with Crippen LogP contribution < -0.4 is 0 Å². The Kier molecular flexibility index (Phi) is 5.29. The monoisotopic (exact) mass is 305 g/mol. The molecule has 0 spiro atoms. The first-order valence-electron chi connectivity index (χ1n) is 7.69. The molecule has 4 nitrogen and oxygen atoms in total. The zero-order chi connectivity index (χ0) is 16.3. The first-order chi connectivity index (χ1) is 10.4. The van der Waals surface area contributed by atoms with Crippen LogP contribution in [0.15, 0.2) is 22.7 Å². The number of benzene rings is 1. The van der Waals surface area contributed by atoms with Crippen LogP contribution in [0.5, 0.6) is 0 Å². The average molecular weight is 305 g/mol. The molecule has 0 aliphatic carbocycles. The summed E-state index contributed by atoms with van der Waals surface area (Å²) < 4.78 is 19.0. The van der Waals surface area contributed by atoms with E-state index in [1.807, 2.05) is 14.0 Å². The molecule has 0 bridgehead atoms. The Morgan fingerprint density at radius 3 is 2.64 bits per heavy atom. The van der Waals surface area contributed by atoms with Gasteiger partial charge in [-0.05, 0) is 51.4 Å². The maximum absolute atomic E-state index is 13.6. The summed E-state index contributed by atoms with van der Waals surface area (Å²) in [7, 11) is 2.04. The van der Waals surface area contributed by atoms with E-state index >= 15 is 0 Å². The predicted molar refractivity (Wildman–Crippen MR) is 84.9 cm³/mol. The number of halogens is 1. The van der Waals surface area contributed by atoms with Crippen LogP contribution in [0.4, 0.5) is 4.39 Å². The number of nitrogens with zero attached hydrogens (tertiary/aromatic N) is 3. The maximum atomic E-state index is 13.6. The first kappa shape index (κ1) is 16.6. The summed E-state index contributed by atoms with van der Waals surface area (Å²) in [5, 5.41) is 3.98. The van der Waals surface area contributed by atoms with Crippen molar-refractivity contribution >= 4 is 0 Å². The van der Waals surface area contributed by atoms with E-state index in [-0.39, 0.29) is 11.9 Å². The molecule has 2 aromatic rings. The molecule has 0 aliphatic rings. The van der Waals surface area contributed by atoms with Gasteiger partial charge in [-0.3, -0.25) is 4.90 Å². The summed E-state index contributed by atoms with van der Waals surface area (Å²) in [6, 6.07) is 5.01. The molecule has 1 atom stereocenters. The average Bonchev–Trinajstić information content (AvgIpc) is 2.96. The molecule has 120 valence electrons. The van der Waals surface area contributed by atoms with Crippen molar-refractivity contribution < 1.29 is 8.91 Å². The molecule has 0 amide bonds. The lowest BCUT2D eigenvalue weighted by Crippen LogP contribution is -2.24. The van der Waals surface area contributed by atoms with Crippen LogP contribution in [0.2, 0.25) is 0 Å². The second-order valence-corrected chi connectivity index (χ2v) is 6.26. The molecule has 0 N–H and O–H groups in total. The second-order valence-electron chi connectivity index (χ2n) is 6.26. The fourth-order valence-electron chi connectivity index (χ4n) is 2.10. The van der Waals surface area contributed by atoms with Gasteiger partial charge >= 0.3 is 0 Å². The summed E-state index contributed by atoms with van der Waals surface area (Å²) in [5.74, 6) is 1.38. The molecule has 1 aromatic heterocycles. The molecule has 1 heterocycles. The van der Waals surface area contributed by atoms with Gasteiger partial charge in [0.2, 0.25) is 11.7 Å². The Morgan fingerprint density at radius 2 is 2.00 bits per heavy atom. The Hall–Kier alpha value is -1.75. The van der Waals surface area contributed by atoms with Gasteiger partial charge in [0.1, 0.15) is 5.82 Å². The highest BCUT2D eigenvalue weighted by atomic mass is 19.1. The summed E-state index contributed by atoms with van der Waals surface area (Å²) in [5.41, 5.74) is 1.24. The van der Waals surface area contributed by atoms with Gasteiger partial charge in [0, 0.05) is 5.56 Å². The molecular weight excluding hydrogens is 281 g/mol. The van der Waals surface area contributed by atoms with Crippen LogP contribution in [-0.2, 0) is 0 Å². The van der Waals surface area contributed by atoms with Crippen molar-refractivity contribution in [3.8, 4) is 11.4 Å². The van der Waals surface area contributed by atoms with Gasteiger partial charge in [-0.2, -0.15) is 4.98 Å². The molecule has 1 unspecified atom stereocenters. The van der Waals surface area contributed by atoms with Crippen LogP contribution in [0.1, 0.15) is 44.7 Å². The lowest BCUT2D eigenvalue weighted by atomic mass is 10.1. The zero-order valence-corrected chi connectivity index (χ0v) is 13.9. The topological polar surface area (TPSA) is 42.2 Å². The molecule has 5 heteroatoms. The van der Waals surface area contributed by atoms with Crippen LogP contribution in [0.3, 0.4) is 0 Å². The molecule has 2 rings (SSSR count). The van der Waals surface area contributed by atoms with Gasteiger partial charge in [-0.25, -0.2) is 4.39 Å². The molecule has 1 aromatic carbocycles. The van der Waals surface area contributed by atoms with Gasteiger partial charge in [-0.1, -0.05) is 31.1 Å². The van der Waals surface area contributed by atoms with Crippen LogP contribution >= 0.6 is 0 Å². The maximum Gasteiger partial charge on any atom is 0.244 e. The van der Waals surface area contributed by atoms with Crippen molar-refractivity contribution in [1.82, 2.24) is 15.0 Å². The van der Waals surface area contributed by atoms with Crippen molar-refractivity contribution in [2.75, 3.05) is 13.6 Å². The zero-order valence-electron chi connectivity index (χ0n) is 13.9. The quantitative estimate of drug-likeness (QED) is 0.801. The van der Waals surface area contributed by atoms with Gasteiger partial charge < -0.3 is 4.52 Å². The van der Waals surface area contributed by atoms with E-state index in [0.717, 1.165) is 13.0 Å². The molecule has 0 saturated carbocycles.